The van der Waals surface area contributed by atoms with Crippen molar-refractivity contribution >= 4 is 23.2 Å². The van der Waals surface area contributed by atoms with E-state index < -0.39 is 0 Å². The van der Waals surface area contributed by atoms with Crippen LogP contribution >= 0.6 is 11.6 Å². The van der Waals surface area contributed by atoms with Gasteiger partial charge in [0.05, 0.1) is 11.8 Å². The van der Waals surface area contributed by atoms with Gasteiger partial charge in [0.25, 0.3) is 0 Å². The summed E-state index contributed by atoms with van der Waals surface area (Å²) < 4.78 is 0. The summed E-state index contributed by atoms with van der Waals surface area (Å²) in [5.74, 6) is -0.0640. The molecular formula is C17H15ClN2O. The van der Waals surface area contributed by atoms with Crippen LogP contribution in [-0.2, 0) is 4.79 Å². The van der Waals surface area contributed by atoms with E-state index in [-0.39, 0.29) is 11.9 Å². The molecular weight excluding hydrogens is 284 g/mol. The third kappa shape index (κ3) is 2.69. The van der Waals surface area contributed by atoms with Crippen LogP contribution in [0.5, 0.6) is 0 Å². The Morgan fingerprint density at radius 2 is 1.81 bits per heavy atom. The van der Waals surface area contributed by atoms with Crippen LogP contribution in [0.3, 0.4) is 0 Å². The lowest BCUT2D eigenvalue weighted by Gasteiger charge is -2.20. The Labute approximate surface area is 128 Å². The molecule has 0 aromatic heterocycles. The zero-order chi connectivity index (χ0) is 14.8. The van der Waals surface area contributed by atoms with Gasteiger partial charge in [0.1, 0.15) is 0 Å². The molecule has 0 saturated carbocycles. The smallest absolute Gasteiger partial charge is 0.240 e. The molecule has 0 N–H and O–H groups in total. The maximum Gasteiger partial charge on any atom is 0.240 e. The highest BCUT2D eigenvalue weighted by Crippen LogP contribution is 2.34. The van der Waals surface area contributed by atoms with E-state index in [0.717, 1.165) is 16.8 Å². The molecule has 2 aromatic rings. The molecule has 0 spiro atoms. The molecule has 1 heterocycles. The van der Waals surface area contributed by atoms with E-state index in [2.05, 4.69) is 5.10 Å². The summed E-state index contributed by atoms with van der Waals surface area (Å²) in [4.78, 5) is 11.9. The number of hydrogen-bond donors (Lipinski definition) is 0. The lowest BCUT2D eigenvalue weighted by atomic mass is 9.98. The number of rotatable bonds is 2. The lowest BCUT2D eigenvalue weighted by molar-refractivity contribution is -0.130. The van der Waals surface area contributed by atoms with E-state index in [9.17, 15) is 4.79 Å². The van der Waals surface area contributed by atoms with Crippen LogP contribution in [0, 0.1) is 0 Å². The van der Waals surface area contributed by atoms with Crippen LogP contribution in [0.1, 0.15) is 30.5 Å². The first-order valence-electron chi connectivity index (χ1n) is 6.84. The van der Waals surface area contributed by atoms with E-state index in [4.69, 9.17) is 11.6 Å². The maximum atomic E-state index is 11.9. The standard InChI is InChI=1S/C17H15ClN2O/c1-12(21)20-17(13-7-3-2-4-8-13)11-16(19-20)14-9-5-6-10-15(14)18/h2-10,17H,11H2,1H3/t17-/m0/s1. The Bertz CT molecular complexity index is 697. The minimum absolute atomic E-state index is 0.0602. The Kier molecular flexibility index (Phi) is 3.76. The number of carbonyl (C=O) groups excluding carboxylic acids is 1. The SMILES string of the molecule is CC(=O)N1N=C(c2ccccc2Cl)C[C@H]1c1ccccc1. The zero-order valence-corrected chi connectivity index (χ0v) is 12.4. The van der Waals surface area contributed by atoms with Gasteiger partial charge in [-0.15, -0.1) is 0 Å². The van der Waals surface area contributed by atoms with Crippen LogP contribution in [0.15, 0.2) is 59.7 Å². The Hall–Kier alpha value is -2.13. The second kappa shape index (κ2) is 5.70. The third-order valence-electron chi connectivity index (χ3n) is 3.60. The molecule has 0 bridgehead atoms. The Morgan fingerprint density at radius 1 is 1.14 bits per heavy atom. The van der Waals surface area contributed by atoms with E-state index in [1.165, 1.54) is 6.92 Å². The summed E-state index contributed by atoms with van der Waals surface area (Å²) in [6.07, 6.45) is 0.674. The highest BCUT2D eigenvalue weighted by atomic mass is 35.5. The first kappa shape index (κ1) is 13.8. The third-order valence-corrected chi connectivity index (χ3v) is 3.93. The molecule has 0 unspecified atom stereocenters. The number of halogens is 1. The molecule has 1 aliphatic rings. The van der Waals surface area contributed by atoms with Crippen molar-refractivity contribution in [2.45, 2.75) is 19.4 Å². The van der Waals surface area contributed by atoms with Crippen LogP contribution < -0.4 is 0 Å². The number of hydrogen-bond acceptors (Lipinski definition) is 2. The average Bonchev–Trinajstić information content (AvgIpc) is 2.94. The number of amides is 1. The molecule has 4 heteroatoms. The second-order valence-corrected chi connectivity index (χ2v) is 5.43. The van der Waals surface area contributed by atoms with Gasteiger partial charge in [-0.1, -0.05) is 60.1 Å². The predicted molar refractivity (Wildman–Crippen MR) is 84.3 cm³/mol. The van der Waals surface area contributed by atoms with Gasteiger partial charge >= 0.3 is 0 Å². The van der Waals surface area contributed by atoms with Gasteiger partial charge in [0.15, 0.2) is 0 Å². The molecule has 3 rings (SSSR count). The van der Waals surface area contributed by atoms with Gasteiger partial charge in [-0.05, 0) is 11.6 Å². The van der Waals surface area contributed by atoms with Gasteiger partial charge in [-0.25, -0.2) is 5.01 Å². The van der Waals surface area contributed by atoms with Crippen LogP contribution in [-0.4, -0.2) is 16.6 Å². The van der Waals surface area contributed by atoms with Crippen molar-refractivity contribution in [1.82, 2.24) is 5.01 Å². The highest BCUT2D eigenvalue weighted by Gasteiger charge is 2.31. The molecule has 0 radical (unpaired) electrons. The van der Waals surface area contributed by atoms with Gasteiger partial charge in [-0.2, -0.15) is 5.10 Å². The predicted octanol–water partition coefficient (Wildman–Crippen LogP) is 4.04. The Morgan fingerprint density at radius 3 is 2.48 bits per heavy atom. The van der Waals surface area contributed by atoms with Gasteiger partial charge in [0.2, 0.25) is 5.91 Å². The van der Waals surface area contributed by atoms with Crippen molar-refractivity contribution in [3.05, 3.63) is 70.7 Å². The molecule has 0 fully saturated rings. The molecule has 106 valence electrons. The van der Waals surface area contributed by atoms with E-state index in [1.54, 1.807) is 5.01 Å². The summed E-state index contributed by atoms with van der Waals surface area (Å²) >= 11 is 6.24. The molecule has 0 saturated heterocycles. The normalized spacial score (nSPS) is 17.7. The maximum absolute atomic E-state index is 11.9. The highest BCUT2D eigenvalue weighted by molar-refractivity contribution is 6.34. The van der Waals surface area contributed by atoms with Crippen molar-refractivity contribution < 1.29 is 4.79 Å². The first-order valence-corrected chi connectivity index (χ1v) is 7.21. The fourth-order valence-electron chi connectivity index (χ4n) is 2.59. The van der Waals surface area contributed by atoms with Gasteiger partial charge in [0, 0.05) is 23.9 Å². The molecule has 3 nitrogen and oxygen atoms in total. The van der Waals surface area contributed by atoms with Crippen LogP contribution in [0.4, 0.5) is 0 Å². The fourth-order valence-corrected chi connectivity index (χ4v) is 2.84. The topological polar surface area (TPSA) is 32.7 Å². The minimum Gasteiger partial charge on any atom is -0.273 e. The summed E-state index contributed by atoms with van der Waals surface area (Å²) in [5.41, 5.74) is 2.83. The van der Waals surface area contributed by atoms with Crippen molar-refractivity contribution in [1.29, 1.82) is 0 Å². The number of hydrazone groups is 1. The molecule has 1 atom stereocenters. The number of benzene rings is 2. The summed E-state index contributed by atoms with van der Waals surface area (Å²) in [6.45, 7) is 1.54. The van der Waals surface area contributed by atoms with E-state index in [0.29, 0.717) is 11.4 Å². The molecule has 2 aromatic carbocycles. The van der Waals surface area contributed by atoms with Crippen LogP contribution in [0.2, 0.25) is 5.02 Å². The average molecular weight is 299 g/mol. The van der Waals surface area contributed by atoms with Crippen molar-refractivity contribution in [3.8, 4) is 0 Å². The summed E-state index contributed by atoms with van der Waals surface area (Å²) in [5, 5.41) is 6.70. The van der Waals surface area contributed by atoms with Crippen LogP contribution in [0.25, 0.3) is 0 Å². The zero-order valence-electron chi connectivity index (χ0n) is 11.7. The summed E-state index contributed by atoms with van der Waals surface area (Å²) in [7, 11) is 0. The Balaban J connectivity index is 1.98. The molecule has 1 amide bonds. The second-order valence-electron chi connectivity index (χ2n) is 5.02. The minimum atomic E-state index is -0.0640. The van der Waals surface area contributed by atoms with Gasteiger partial charge in [-0.3, -0.25) is 4.79 Å². The monoisotopic (exact) mass is 298 g/mol. The number of nitrogens with zero attached hydrogens (tertiary/aromatic N) is 2. The largest absolute Gasteiger partial charge is 0.273 e. The van der Waals surface area contributed by atoms with Gasteiger partial charge < -0.3 is 0 Å². The first-order chi connectivity index (χ1) is 10.2. The lowest BCUT2D eigenvalue weighted by Crippen LogP contribution is -2.24. The fraction of sp³-hybridized carbons (Fsp3) is 0.176. The molecule has 1 aliphatic heterocycles. The van der Waals surface area contributed by atoms with Crippen molar-refractivity contribution in [2.75, 3.05) is 0 Å². The molecule has 0 aliphatic carbocycles. The summed E-state index contributed by atoms with van der Waals surface area (Å²) in [6, 6.07) is 17.5. The van der Waals surface area contributed by atoms with Crippen molar-refractivity contribution in [3.63, 3.8) is 0 Å². The van der Waals surface area contributed by atoms with E-state index in [1.807, 2.05) is 54.6 Å². The number of carbonyl (C=O) groups is 1. The quantitative estimate of drug-likeness (QED) is 0.823. The van der Waals surface area contributed by atoms with Crippen molar-refractivity contribution in [2.24, 2.45) is 5.10 Å². The van der Waals surface area contributed by atoms with E-state index >= 15 is 0 Å². The molecule has 21 heavy (non-hydrogen) atoms.